The predicted molar refractivity (Wildman–Crippen MR) is 80.6 cm³/mol. The van der Waals surface area contributed by atoms with Gasteiger partial charge in [0.2, 0.25) is 11.1 Å². The second-order valence-electron chi connectivity index (χ2n) is 5.06. The summed E-state index contributed by atoms with van der Waals surface area (Å²) < 4.78 is 19.5. The molecular formula is C13H14N6O2S. The summed E-state index contributed by atoms with van der Waals surface area (Å²) in [7, 11) is -3.11. The van der Waals surface area contributed by atoms with Gasteiger partial charge in [0.05, 0.1) is 13.0 Å². The van der Waals surface area contributed by atoms with Gasteiger partial charge in [0, 0.05) is 24.2 Å². The summed E-state index contributed by atoms with van der Waals surface area (Å²) >= 11 is 0. The Bertz CT molecular complexity index is 850. The first-order valence-electron chi connectivity index (χ1n) is 6.45. The molecule has 0 bridgehead atoms. The minimum Gasteiger partial charge on any atom is -0.383 e. The van der Waals surface area contributed by atoms with E-state index in [1.165, 1.54) is 11.2 Å². The van der Waals surface area contributed by atoms with Crippen molar-refractivity contribution in [3.63, 3.8) is 0 Å². The van der Waals surface area contributed by atoms with Crippen molar-refractivity contribution in [2.45, 2.75) is 18.1 Å². The molecule has 2 aromatic heterocycles. The van der Waals surface area contributed by atoms with Gasteiger partial charge in [0.1, 0.15) is 21.4 Å². The van der Waals surface area contributed by atoms with Gasteiger partial charge in [0.25, 0.3) is 0 Å². The quantitative estimate of drug-likeness (QED) is 0.797. The van der Waals surface area contributed by atoms with Gasteiger partial charge in [-0.1, -0.05) is 6.07 Å². The number of rotatable bonds is 3. The van der Waals surface area contributed by atoms with Crippen LogP contribution < -0.4 is 10.6 Å². The average Bonchev–Trinajstić information content (AvgIpc) is 2.77. The fourth-order valence-corrected chi connectivity index (χ4v) is 2.77. The van der Waals surface area contributed by atoms with Gasteiger partial charge in [-0.15, -0.1) is 0 Å². The second kappa shape index (κ2) is 5.02. The van der Waals surface area contributed by atoms with Crippen LogP contribution in [0, 0.1) is 4.78 Å². The Balaban J connectivity index is 2.06. The molecule has 1 unspecified atom stereocenters. The Morgan fingerprint density at radius 2 is 2.23 bits per heavy atom. The molecular weight excluding hydrogens is 304 g/mol. The highest BCUT2D eigenvalue weighted by Crippen LogP contribution is 2.32. The van der Waals surface area contributed by atoms with Crippen molar-refractivity contribution in [1.82, 2.24) is 15.0 Å². The Morgan fingerprint density at radius 1 is 1.45 bits per heavy atom. The molecule has 3 N–H and O–H groups in total. The minimum absolute atomic E-state index is 0.101. The van der Waals surface area contributed by atoms with Crippen molar-refractivity contribution in [2.24, 2.45) is 0 Å². The first kappa shape index (κ1) is 14.4. The molecule has 0 saturated heterocycles. The maximum absolute atomic E-state index is 12.2. The fourth-order valence-electron chi connectivity index (χ4n) is 2.24. The van der Waals surface area contributed by atoms with E-state index in [4.69, 9.17) is 10.5 Å². The van der Waals surface area contributed by atoms with Crippen LogP contribution in [0.1, 0.15) is 11.1 Å². The Morgan fingerprint density at radius 3 is 2.86 bits per heavy atom. The Labute approximate surface area is 127 Å². The van der Waals surface area contributed by atoms with Gasteiger partial charge >= 0.3 is 0 Å². The van der Waals surface area contributed by atoms with E-state index in [-0.39, 0.29) is 23.3 Å². The van der Waals surface area contributed by atoms with E-state index in [9.17, 15) is 9.00 Å². The third-order valence-electron chi connectivity index (χ3n) is 3.29. The van der Waals surface area contributed by atoms with Crippen LogP contribution in [-0.2, 0) is 27.5 Å². The first-order chi connectivity index (χ1) is 10.4. The molecule has 114 valence electrons. The standard InChI is InChI=1S/C13H14N6O2S/c1-22(15,21)13-17-11(14)9-5-10(20)19(12(9)18-13)7-8-3-2-4-16-6-8/h2-4,6,15H,5,7H2,1H3,(H2,14,17,18). The van der Waals surface area contributed by atoms with Crippen LogP contribution in [0.5, 0.6) is 0 Å². The van der Waals surface area contributed by atoms with E-state index in [0.717, 1.165) is 5.56 Å². The topological polar surface area (TPSA) is 126 Å². The maximum atomic E-state index is 12.2. The molecule has 0 fully saturated rings. The van der Waals surface area contributed by atoms with E-state index in [0.29, 0.717) is 17.9 Å². The number of aromatic nitrogens is 3. The molecule has 3 heterocycles. The van der Waals surface area contributed by atoms with Gasteiger partial charge in [0.15, 0.2) is 0 Å². The number of nitrogens with one attached hydrogen (secondary N) is 1. The zero-order chi connectivity index (χ0) is 15.9. The number of hydrogen-bond acceptors (Lipinski definition) is 7. The number of fused-ring (bicyclic) bond motifs is 1. The van der Waals surface area contributed by atoms with Crippen molar-refractivity contribution in [3.8, 4) is 0 Å². The lowest BCUT2D eigenvalue weighted by Gasteiger charge is -2.17. The fraction of sp³-hybridized carbons (Fsp3) is 0.231. The van der Waals surface area contributed by atoms with Crippen molar-refractivity contribution < 1.29 is 9.00 Å². The Kier molecular flexibility index (Phi) is 3.28. The number of nitrogens with zero attached hydrogens (tertiary/aromatic N) is 4. The lowest BCUT2D eigenvalue weighted by atomic mass is 10.2. The molecule has 0 spiro atoms. The predicted octanol–water partition coefficient (Wildman–Crippen LogP) is 0.579. The number of nitrogens with two attached hydrogens (primary N) is 1. The number of pyridine rings is 1. The molecule has 1 atom stereocenters. The van der Waals surface area contributed by atoms with E-state index in [1.807, 2.05) is 6.07 Å². The summed E-state index contributed by atoms with van der Waals surface area (Å²) in [5.41, 5.74) is 7.19. The van der Waals surface area contributed by atoms with Crippen LogP contribution in [-0.4, -0.2) is 31.3 Å². The summed E-state index contributed by atoms with van der Waals surface area (Å²) in [6.45, 7) is 0.290. The average molecular weight is 318 g/mol. The smallest absolute Gasteiger partial charge is 0.233 e. The molecule has 3 rings (SSSR count). The van der Waals surface area contributed by atoms with Crippen LogP contribution in [0.2, 0.25) is 0 Å². The Hall–Kier alpha value is -2.55. The molecule has 0 saturated carbocycles. The normalized spacial score (nSPS) is 16.4. The molecule has 0 radical (unpaired) electrons. The van der Waals surface area contributed by atoms with Crippen LogP contribution in [0.4, 0.5) is 11.6 Å². The van der Waals surface area contributed by atoms with E-state index in [2.05, 4.69) is 15.0 Å². The number of hydrogen-bond donors (Lipinski definition) is 2. The van der Waals surface area contributed by atoms with E-state index in [1.54, 1.807) is 18.5 Å². The number of amides is 1. The van der Waals surface area contributed by atoms with Gasteiger partial charge < -0.3 is 5.73 Å². The molecule has 8 nitrogen and oxygen atoms in total. The summed E-state index contributed by atoms with van der Waals surface area (Å²) in [5.74, 6) is 0.270. The van der Waals surface area contributed by atoms with Crippen molar-refractivity contribution in [3.05, 3.63) is 35.7 Å². The molecule has 9 heteroatoms. The van der Waals surface area contributed by atoms with E-state index < -0.39 is 9.73 Å². The third-order valence-corrected chi connectivity index (χ3v) is 4.17. The molecule has 22 heavy (non-hydrogen) atoms. The van der Waals surface area contributed by atoms with Gasteiger partial charge in [-0.05, 0) is 11.6 Å². The van der Waals surface area contributed by atoms with Crippen LogP contribution >= 0.6 is 0 Å². The largest absolute Gasteiger partial charge is 0.383 e. The summed E-state index contributed by atoms with van der Waals surface area (Å²) in [5, 5.41) is -0.158. The van der Waals surface area contributed by atoms with Crippen LogP contribution in [0.25, 0.3) is 0 Å². The summed E-state index contributed by atoms with van der Waals surface area (Å²) in [4.78, 5) is 25.7. The number of anilines is 2. The number of nitrogen functional groups attached to an aromatic ring is 1. The highest BCUT2D eigenvalue weighted by atomic mass is 32.2. The summed E-state index contributed by atoms with van der Waals surface area (Å²) in [6, 6.07) is 3.62. The molecule has 0 aromatic carbocycles. The van der Waals surface area contributed by atoms with Gasteiger partial charge in [-0.25, -0.2) is 19.0 Å². The zero-order valence-electron chi connectivity index (χ0n) is 11.8. The monoisotopic (exact) mass is 318 g/mol. The van der Waals surface area contributed by atoms with Crippen molar-refractivity contribution in [1.29, 1.82) is 4.78 Å². The molecule has 1 aliphatic rings. The molecule has 0 aliphatic carbocycles. The second-order valence-corrected chi connectivity index (χ2v) is 7.11. The summed E-state index contributed by atoms with van der Waals surface area (Å²) in [6.07, 6.45) is 4.62. The van der Waals surface area contributed by atoms with Crippen LogP contribution in [0.15, 0.2) is 29.7 Å². The first-order valence-corrected chi connectivity index (χ1v) is 8.42. The number of carbonyl (C=O) groups is 1. The molecule has 2 aromatic rings. The lowest BCUT2D eigenvalue weighted by Crippen LogP contribution is -2.27. The van der Waals surface area contributed by atoms with E-state index >= 15 is 0 Å². The van der Waals surface area contributed by atoms with Crippen LogP contribution in [0.3, 0.4) is 0 Å². The minimum atomic E-state index is -3.11. The maximum Gasteiger partial charge on any atom is 0.233 e. The highest BCUT2D eigenvalue weighted by molar-refractivity contribution is 7.91. The highest BCUT2D eigenvalue weighted by Gasteiger charge is 2.32. The SMILES string of the molecule is CS(=N)(=O)c1nc(N)c2c(n1)N(Cc1cccnc1)C(=O)C2. The molecule has 1 aliphatic heterocycles. The number of carbonyl (C=O) groups excluding carboxylic acids is 1. The van der Waals surface area contributed by atoms with Crippen molar-refractivity contribution >= 4 is 27.3 Å². The van der Waals surface area contributed by atoms with Crippen molar-refractivity contribution in [2.75, 3.05) is 16.9 Å². The van der Waals surface area contributed by atoms with Gasteiger partial charge in [-0.3, -0.25) is 14.7 Å². The third kappa shape index (κ3) is 2.50. The molecule has 1 amide bonds. The lowest BCUT2D eigenvalue weighted by molar-refractivity contribution is -0.117. The van der Waals surface area contributed by atoms with Gasteiger partial charge in [-0.2, -0.15) is 0 Å². The zero-order valence-corrected chi connectivity index (χ0v) is 12.6.